The second-order valence-corrected chi connectivity index (χ2v) is 4.06. The number of nitrogens with zero attached hydrogens (tertiary/aromatic N) is 2. The van der Waals surface area contributed by atoms with Gasteiger partial charge in [0.15, 0.2) is 0 Å². The molecule has 0 bridgehead atoms. The molecule has 0 amide bonds. The number of aromatic nitrogens is 2. The molecule has 4 heteroatoms. The molecule has 1 aromatic carbocycles. The fourth-order valence-corrected chi connectivity index (χ4v) is 1.71. The van der Waals surface area contributed by atoms with E-state index in [2.05, 4.69) is 16.5 Å². The number of nitrogens with one attached hydrogen (secondary N) is 1. The molecule has 2 rings (SSSR count). The van der Waals surface area contributed by atoms with Crippen LogP contribution in [0, 0.1) is 0 Å². The first-order valence-corrected chi connectivity index (χ1v) is 5.74. The van der Waals surface area contributed by atoms with Gasteiger partial charge in [0, 0.05) is 25.5 Å². The zero-order valence-electron chi connectivity index (χ0n) is 9.87. The normalized spacial score (nSPS) is 12.6. The van der Waals surface area contributed by atoms with Crippen molar-refractivity contribution < 1.29 is 5.11 Å². The predicted molar refractivity (Wildman–Crippen MR) is 67.0 cm³/mol. The lowest BCUT2D eigenvalue weighted by Crippen LogP contribution is -2.24. The molecule has 2 N–H and O–H groups in total. The maximum atomic E-state index is 9.20. The zero-order valence-corrected chi connectivity index (χ0v) is 9.87. The Hall–Kier alpha value is -1.65. The fourth-order valence-electron chi connectivity index (χ4n) is 1.71. The molecule has 0 unspecified atom stereocenters. The van der Waals surface area contributed by atoms with Gasteiger partial charge in [-0.3, -0.25) is 0 Å². The maximum Gasteiger partial charge on any atom is 0.0690 e. The molecule has 17 heavy (non-hydrogen) atoms. The summed E-state index contributed by atoms with van der Waals surface area (Å²) in [6.07, 6.45) is 3.36. The number of benzene rings is 1. The minimum Gasteiger partial charge on any atom is -0.392 e. The summed E-state index contributed by atoms with van der Waals surface area (Å²) in [5, 5.41) is 16.6. The van der Waals surface area contributed by atoms with Gasteiger partial charge in [0.25, 0.3) is 0 Å². The molecule has 0 aliphatic rings. The van der Waals surface area contributed by atoms with Crippen molar-refractivity contribution in [2.24, 2.45) is 0 Å². The third-order valence-electron chi connectivity index (χ3n) is 2.50. The summed E-state index contributed by atoms with van der Waals surface area (Å²) in [6.45, 7) is 3.08. The van der Waals surface area contributed by atoms with Crippen LogP contribution in [0.15, 0.2) is 42.7 Å². The molecule has 4 nitrogen and oxygen atoms in total. The first-order valence-electron chi connectivity index (χ1n) is 5.74. The summed E-state index contributed by atoms with van der Waals surface area (Å²) in [7, 11) is 0. The van der Waals surface area contributed by atoms with Crippen molar-refractivity contribution in [2.45, 2.75) is 19.6 Å². The number of para-hydroxylation sites is 1. The van der Waals surface area contributed by atoms with E-state index < -0.39 is 0 Å². The van der Waals surface area contributed by atoms with Gasteiger partial charge in [-0.15, -0.1) is 0 Å². The maximum absolute atomic E-state index is 9.20. The lowest BCUT2D eigenvalue weighted by molar-refractivity contribution is 0.191. The Kier molecular flexibility index (Phi) is 3.90. The molecule has 0 saturated carbocycles. The van der Waals surface area contributed by atoms with Gasteiger partial charge in [-0.05, 0) is 24.6 Å². The van der Waals surface area contributed by atoms with E-state index in [0.717, 1.165) is 17.8 Å². The lowest BCUT2D eigenvalue weighted by atomic mass is 10.1. The topological polar surface area (TPSA) is 50.1 Å². The molecule has 0 radical (unpaired) electrons. The van der Waals surface area contributed by atoms with Gasteiger partial charge in [-0.25, -0.2) is 4.68 Å². The van der Waals surface area contributed by atoms with E-state index >= 15 is 0 Å². The van der Waals surface area contributed by atoms with Crippen LogP contribution in [0.4, 0.5) is 0 Å². The minimum absolute atomic E-state index is 0.327. The van der Waals surface area contributed by atoms with E-state index in [0.29, 0.717) is 6.54 Å². The zero-order chi connectivity index (χ0) is 12.1. The Balaban J connectivity index is 2.11. The SMILES string of the molecule is C[C@@H](O)CNCc1ccccc1-n1cccn1. The Morgan fingerprint density at radius 3 is 2.88 bits per heavy atom. The third kappa shape index (κ3) is 3.15. The van der Waals surface area contributed by atoms with Crippen molar-refractivity contribution in [3.05, 3.63) is 48.3 Å². The quantitative estimate of drug-likeness (QED) is 0.816. The number of hydrogen-bond acceptors (Lipinski definition) is 3. The van der Waals surface area contributed by atoms with E-state index in [-0.39, 0.29) is 6.10 Å². The highest BCUT2D eigenvalue weighted by Gasteiger charge is 2.04. The van der Waals surface area contributed by atoms with Crippen LogP contribution >= 0.6 is 0 Å². The van der Waals surface area contributed by atoms with E-state index in [1.165, 1.54) is 0 Å². The highest BCUT2D eigenvalue weighted by atomic mass is 16.3. The van der Waals surface area contributed by atoms with E-state index in [1.807, 2.05) is 35.1 Å². The van der Waals surface area contributed by atoms with Crippen LogP contribution in [-0.2, 0) is 6.54 Å². The van der Waals surface area contributed by atoms with E-state index in [4.69, 9.17) is 0 Å². The highest BCUT2D eigenvalue weighted by Crippen LogP contribution is 2.12. The molecular formula is C13H17N3O. The Morgan fingerprint density at radius 2 is 2.18 bits per heavy atom. The Labute approximate surface area is 101 Å². The second-order valence-electron chi connectivity index (χ2n) is 4.06. The number of hydrogen-bond donors (Lipinski definition) is 2. The largest absolute Gasteiger partial charge is 0.392 e. The molecule has 0 spiro atoms. The van der Waals surface area contributed by atoms with Crippen molar-refractivity contribution in [3.8, 4) is 5.69 Å². The first-order chi connectivity index (χ1) is 8.27. The van der Waals surface area contributed by atoms with Gasteiger partial charge >= 0.3 is 0 Å². The molecule has 1 aromatic heterocycles. The van der Waals surface area contributed by atoms with Gasteiger partial charge in [-0.1, -0.05) is 18.2 Å². The van der Waals surface area contributed by atoms with Crippen LogP contribution < -0.4 is 5.32 Å². The van der Waals surface area contributed by atoms with E-state index in [1.54, 1.807) is 13.1 Å². The fraction of sp³-hybridized carbons (Fsp3) is 0.308. The average molecular weight is 231 g/mol. The summed E-state index contributed by atoms with van der Waals surface area (Å²) in [4.78, 5) is 0. The van der Waals surface area contributed by atoms with Crippen molar-refractivity contribution in [3.63, 3.8) is 0 Å². The Bertz CT molecular complexity index is 451. The molecule has 0 saturated heterocycles. The average Bonchev–Trinajstić information content (AvgIpc) is 2.82. The van der Waals surface area contributed by atoms with Crippen LogP contribution in [-0.4, -0.2) is 27.5 Å². The van der Waals surface area contributed by atoms with Crippen LogP contribution in [0.1, 0.15) is 12.5 Å². The minimum atomic E-state index is -0.327. The first kappa shape index (κ1) is 11.8. The van der Waals surface area contributed by atoms with E-state index in [9.17, 15) is 5.11 Å². The summed E-state index contributed by atoms with van der Waals surface area (Å²) >= 11 is 0. The molecule has 0 aliphatic carbocycles. The molecule has 1 atom stereocenters. The number of rotatable bonds is 5. The smallest absolute Gasteiger partial charge is 0.0690 e. The number of aliphatic hydroxyl groups is 1. The van der Waals surface area contributed by atoms with Crippen LogP contribution in [0.3, 0.4) is 0 Å². The summed E-state index contributed by atoms with van der Waals surface area (Å²) in [6, 6.07) is 10.0. The number of aliphatic hydroxyl groups excluding tert-OH is 1. The molecule has 0 aliphatic heterocycles. The van der Waals surface area contributed by atoms with Crippen LogP contribution in [0.5, 0.6) is 0 Å². The predicted octanol–water partition coefficient (Wildman–Crippen LogP) is 1.34. The van der Waals surface area contributed by atoms with Gasteiger partial charge in [0.05, 0.1) is 11.8 Å². The van der Waals surface area contributed by atoms with Gasteiger partial charge in [-0.2, -0.15) is 5.10 Å². The highest BCUT2D eigenvalue weighted by molar-refractivity contribution is 5.40. The van der Waals surface area contributed by atoms with Crippen LogP contribution in [0.25, 0.3) is 5.69 Å². The lowest BCUT2D eigenvalue weighted by Gasteiger charge is -2.11. The van der Waals surface area contributed by atoms with Gasteiger partial charge in [0.1, 0.15) is 0 Å². The summed E-state index contributed by atoms with van der Waals surface area (Å²) in [5.41, 5.74) is 2.23. The monoisotopic (exact) mass is 231 g/mol. The van der Waals surface area contributed by atoms with Gasteiger partial charge < -0.3 is 10.4 Å². The van der Waals surface area contributed by atoms with Crippen LogP contribution in [0.2, 0.25) is 0 Å². The molecule has 90 valence electrons. The molecule has 2 aromatic rings. The molecular weight excluding hydrogens is 214 g/mol. The van der Waals surface area contributed by atoms with Crippen molar-refractivity contribution in [1.29, 1.82) is 0 Å². The Morgan fingerprint density at radius 1 is 1.35 bits per heavy atom. The van der Waals surface area contributed by atoms with Crippen molar-refractivity contribution in [2.75, 3.05) is 6.54 Å². The second kappa shape index (κ2) is 5.61. The third-order valence-corrected chi connectivity index (χ3v) is 2.50. The van der Waals surface area contributed by atoms with Crippen molar-refractivity contribution >= 4 is 0 Å². The standard InChI is InChI=1S/C13H17N3O/c1-11(17)9-14-10-12-5-2-3-6-13(12)16-8-4-7-15-16/h2-8,11,14,17H,9-10H2,1H3/t11-/m1/s1. The molecule has 1 heterocycles. The van der Waals surface area contributed by atoms with Crippen molar-refractivity contribution in [1.82, 2.24) is 15.1 Å². The summed E-state index contributed by atoms with van der Waals surface area (Å²) < 4.78 is 1.85. The summed E-state index contributed by atoms with van der Waals surface area (Å²) in [5.74, 6) is 0. The van der Waals surface area contributed by atoms with Gasteiger partial charge in [0.2, 0.25) is 0 Å². The molecule has 0 fully saturated rings.